The number of hydrogen-bond donors (Lipinski definition) is 0. The highest BCUT2D eigenvalue weighted by Crippen LogP contribution is 2.03. The number of likely N-dealkylation sites (N-methyl/N-ethyl adjacent to an activating group) is 1. The van der Waals surface area contributed by atoms with Crippen LogP contribution in [0.4, 0.5) is 0 Å². The average Bonchev–Trinajstić information content (AvgIpc) is 1.76. The molecule has 0 aliphatic heterocycles. The van der Waals surface area contributed by atoms with E-state index in [1.54, 1.807) is 7.05 Å². The van der Waals surface area contributed by atoms with E-state index in [1.807, 2.05) is 0 Å². The monoisotopic (exact) mass is 200 g/mol. The lowest BCUT2D eigenvalue weighted by Crippen LogP contribution is -2.52. The minimum Gasteiger partial charge on any atom is -0.308 e. The maximum atomic E-state index is 11.0. The van der Waals surface area contributed by atoms with Crippen molar-refractivity contribution in [2.45, 2.75) is 20.8 Å². The summed E-state index contributed by atoms with van der Waals surface area (Å²) in [6, 6.07) is 0. The molecule has 0 saturated carbocycles. The number of quaternary nitrogens is 1. The molecule has 0 aromatic heterocycles. The largest absolute Gasteiger partial charge is 0.308 e. The van der Waals surface area contributed by atoms with E-state index >= 15 is 0 Å². The molecule has 0 aliphatic rings. The van der Waals surface area contributed by atoms with Crippen LogP contribution in [0.3, 0.4) is 0 Å². The van der Waals surface area contributed by atoms with E-state index in [2.05, 4.69) is 0 Å². The Morgan fingerprint density at radius 3 is 1.14 bits per heavy atom. The molecule has 0 spiro atoms. The summed E-state index contributed by atoms with van der Waals surface area (Å²) in [4.78, 5) is 33.0. The maximum absolute atomic E-state index is 11.0. The number of nitrogens with zero attached hydrogens (tertiary/aromatic N) is 1. The number of carbonyl (C=O) groups excluding carboxylic acids is 3. The Bertz CT molecular complexity index is 217. The molecule has 0 N–H and O–H groups in total. The Balaban J connectivity index is 4.56. The van der Waals surface area contributed by atoms with E-state index < -0.39 is 0 Å². The van der Waals surface area contributed by atoms with Gasteiger partial charge in [-0.1, -0.05) is 0 Å². The number of rotatable bonds is 6. The highest BCUT2D eigenvalue weighted by atomic mass is 16.1. The van der Waals surface area contributed by atoms with Crippen molar-refractivity contribution in [3.63, 3.8) is 0 Å². The van der Waals surface area contributed by atoms with Crippen molar-refractivity contribution in [3.05, 3.63) is 0 Å². The molecule has 4 nitrogen and oxygen atoms in total. The van der Waals surface area contributed by atoms with Gasteiger partial charge < -0.3 is 4.48 Å². The lowest BCUT2D eigenvalue weighted by Gasteiger charge is -2.31. The van der Waals surface area contributed by atoms with Gasteiger partial charge in [0.2, 0.25) is 0 Å². The lowest BCUT2D eigenvalue weighted by atomic mass is 10.2. The molecule has 0 bridgehead atoms. The molecular weight excluding hydrogens is 182 g/mol. The van der Waals surface area contributed by atoms with E-state index in [0.717, 1.165) is 0 Å². The first-order chi connectivity index (χ1) is 6.25. The molecule has 0 unspecified atom stereocenters. The highest BCUT2D eigenvalue weighted by Gasteiger charge is 2.26. The number of ketones is 3. The van der Waals surface area contributed by atoms with Crippen LogP contribution in [0.25, 0.3) is 0 Å². The van der Waals surface area contributed by atoms with Crippen LogP contribution in [0, 0.1) is 0 Å². The van der Waals surface area contributed by atoms with Crippen molar-refractivity contribution >= 4 is 17.3 Å². The summed E-state index contributed by atoms with van der Waals surface area (Å²) < 4.78 is 0.194. The van der Waals surface area contributed by atoms with Crippen molar-refractivity contribution in [2.75, 3.05) is 26.7 Å². The van der Waals surface area contributed by atoms with Crippen LogP contribution in [-0.4, -0.2) is 48.5 Å². The van der Waals surface area contributed by atoms with Gasteiger partial charge in [-0.25, -0.2) is 0 Å². The van der Waals surface area contributed by atoms with Gasteiger partial charge in [-0.15, -0.1) is 0 Å². The third-order valence-corrected chi connectivity index (χ3v) is 1.81. The summed E-state index contributed by atoms with van der Waals surface area (Å²) in [6.45, 7) is 5.11. The molecule has 80 valence electrons. The summed E-state index contributed by atoms with van der Waals surface area (Å²) in [5.74, 6) is -0.0139. The first kappa shape index (κ1) is 13.0. The molecule has 0 saturated heterocycles. The molecule has 0 rings (SSSR count). The fourth-order valence-electron chi connectivity index (χ4n) is 1.78. The van der Waals surface area contributed by atoms with Gasteiger partial charge in [0, 0.05) is 20.8 Å². The number of Topliss-reactive ketones (excluding diaryl/α,β-unsaturated/α-hetero) is 3. The first-order valence-electron chi connectivity index (χ1n) is 4.57. The van der Waals surface area contributed by atoms with Gasteiger partial charge in [0.25, 0.3) is 0 Å². The average molecular weight is 200 g/mol. The van der Waals surface area contributed by atoms with Crippen LogP contribution in [0.5, 0.6) is 0 Å². The molecule has 0 aromatic carbocycles. The van der Waals surface area contributed by atoms with Crippen molar-refractivity contribution in [1.29, 1.82) is 0 Å². The SMILES string of the molecule is CC(=O)C[N+](C)(CC(C)=O)CC(C)=O. The molecule has 0 aliphatic carbocycles. The Morgan fingerprint density at radius 1 is 0.786 bits per heavy atom. The zero-order chi connectivity index (χ0) is 11.4. The van der Waals surface area contributed by atoms with E-state index in [0.29, 0.717) is 0 Å². The molecule has 0 aromatic rings. The second-order valence-electron chi connectivity index (χ2n) is 4.20. The Morgan fingerprint density at radius 2 is 1.00 bits per heavy atom. The zero-order valence-corrected chi connectivity index (χ0v) is 9.29. The molecule has 0 fully saturated rings. The minimum atomic E-state index is -0.00463. The number of carbonyl (C=O) groups is 3. The second kappa shape index (κ2) is 5.00. The van der Waals surface area contributed by atoms with Gasteiger partial charge >= 0.3 is 0 Å². The van der Waals surface area contributed by atoms with E-state index in [-0.39, 0.29) is 41.5 Å². The standard InChI is InChI=1S/C10H18NO3/c1-8(12)5-11(4,6-9(2)13)7-10(3)14/h5-7H2,1-4H3/q+1. The van der Waals surface area contributed by atoms with Gasteiger partial charge in [0.05, 0.1) is 7.05 Å². The fraction of sp³-hybridized carbons (Fsp3) is 0.700. The van der Waals surface area contributed by atoms with Crippen molar-refractivity contribution in [3.8, 4) is 0 Å². The maximum Gasteiger partial charge on any atom is 0.183 e. The third-order valence-electron chi connectivity index (χ3n) is 1.81. The Labute approximate surface area is 84.5 Å². The van der Waals surface area contributed by atoms with Gasteiger partial charge in [0.15, 0.2) is 17.3 Å². The summed E-state index contributed by atoms with van der Waals surface area (Å²) >= 11 is 0. The van der Waals surface area contributed by atoms with Crippen LogP contribution in [0.2, 0.25) is 0 Å². The predicted molar refractivity (Wildman–Crippen MR) is 52.8 cm³/mol. The van der Waals surface area contributed by atoms with Crippen LogP contribution in [0.15, 0.2) is 0 Å². The first-order valence-corrected chi connectivity index (χ1v) is 4.57. The normalized spacial score (nSPS) is 11.1. The molecule has 0 radical (unpaired) electrons. The van der Waals surface area contributed by atoms with Gasteiger partial charge in [0.1, 0.15) is 19.6 Å². The molecule has 14 heavy (non-hydrogen) atoms. The Kier molecular flexibility index (Phi) is 4.63. The van der Waals surface area contributed by atoms with Crippen LogP contribution >= 0.6 is 0 Å². The number of hydrogen-bond acceptors (Lipinski definition) is 3. The van der Waals surface area contributed by atoms with Gasteiger partial charge in [-0.3, -0.25) is 14.4 Å². The summed E-state index contributed by atoms with van der Waals surface area (Å²) in [5, 5.41) is 0. The molecular formula is C10H18NO3+. The Hall–Kier alpha value is -1.03. The van der Waals surface area contributed by atoms with Gasteiger partial charge in [-0.2, -0.15) is 0 Å². The second-order valence-corrected chi connectivity index (χ2v) is 4.20. The van der Waals surface area contributed by atoms with E-state index in [1.165, 1.54) is 20.8 Å². The highest BCUT2D eigenvalue weighted by molar-refractivity contribution is 5.81. The molecule has 0 amide bonds. The topological polar surface area (TPSA) is 51.2 Å². The molecule has 0 heterocycles. The quantitative estimate of drug-likeness (QED) is 0.575. The van der Waals surface area contributed by atoms with Crippen molar-refractivity contribution < 1.29 is 18.9 Å². The van der Waals surface area contributed by atoms with Crippen molar-refractivity contribution in [1.82, 2.24) is 0 Å². The van der Waals surface area contributed by atoms with Gasteiger partial charge in [-0.05, 0) is 0 Å². The third kappa shape index (κ3) is 5.59. The van der Waals surface area contributed by atoms with Crippen LogP contribution in [0.1, 0.15) is 20.8 Å². The fourth-order valence-corrected chi connectivity index (χ4v) is 1.78. The predicted octanol–water partition coefficient (Wildman–Crippen LogP) is 0.200. The zero-order valence-electron chi connectivity index (χ0n) is 9.29. The smallest absolute Gasteiger partial charge is 0.183 e. The summed E-state index contributed by atoms with van der Waals surface area (Å²) in [5.41, 5.74) is 0. The van der Waals surface area contributed by atoms with Crippen LogP contribution < -0.4 is 0 Å². The van der Waals surface area contributed by atoms with E-state index in [9.17, 15) is 14.4 Å². The minimum absolute atomic E-state index is 0.00463. The molecule has 4 heteroatoms. The molecule has 0 atom stereocenters. The lowest BCUT2D eigenvalue weighted by molar-refractivity contribution is -0.885. The summed E-state index contributed by atoms with van der Waals surface area (Å²) in [6.07, 6.45) is 0. The summed E-state index contributed by atoms with van der Waals surface area (Å²) in [7, 11) is 1.75. The van der Waals surface area contributed by atoms with Crippen molar-refractivity contribution in [2.24, 2.45) is 0 Å². The van der Waals surface area contributed by atoms with E-state index in [4.69, 9.17) is 0 Å². The van der Waals surface area contributed by atoms with Crippen LogP contribution in [-0.2, 0) is 14.4 Å².